The summed E-state index contributed by atoms with van der Waals surface area (Å²) < 4.78 is 1.84. The highest BCUT2D eigenvalue weighted by atomic mass is 16.6. The van der Waals surface area contributed by atoms with Gasteiger partial charge in [-0.05, 0) is 22.9 Å². The SMILES string of the molecule is Cc1nc2nc([N+](=O)[O-])ccc2n1C. The maximum atomic E-state index is 10.4. The van der Waals surface area contributed by atoms with Gasteiger partial charge in [0, 0.05) is 13.1 Å². The molecule has 0 amide bonds. The predicted octanol–water partition coefficient (Wildman–Crippen LogP) is 1.18. The highest BCUT2D eigenvalue weighted by molar-refractivity contribution is 5.72. The highest BCUT2D eigenvalue weighted by Gasteiger charge is 2.14. The molecule has 6 heteroatoms. The molecule has 0 bridgehead atoms. The van der Waals surface area contributed by atoms with Crippen molar-refractivity contribution >= 4 is 17.0 Å². The Morgan fingerprint density at radius 2 is 2.14 bits per heavy atom. The van der Waals surface area contributed by atoms with E-state index in [9.17, 15) is 10.1 Å². The average Bonchev–Trinajstić information content (AvgIpc) is 2.42. The van der Waals surface area contributed by atoms with Crippen molar-refractivity contribution in [3.63, 3.8) is 0 Å². The van der Waals surface area contributed by atoms with Crippen molar-refractivity contribution in [1.82, 2.24) is 14.5 Å². The van der Waals surface area contributed by atoms with Gasteiger partial charge < -0.3 is 14.7 Å². The predicted molar refractivity (Wildman–Crippen MR) is 49.9 cm³/mol. The van der Waals surface area contributed by atoms with Crippen LogP contribution in [0.4, 0.5) is 5.82 Å². The average molecular weight is 192 g/mol. The van der Waals surface area contributed by atoms with E-state index in [2.05, 4.69) is 9.97 Å². The lowest BCUT2D eigenvalue weighted by Gasteiger charge is -1.93. The smallest absolute Gasteiger partial charge is 0.358 e. The molecule has 0 N–H and O–H groups in total. The van der Waals surface area contributed by atoms with Gasteiger partial charge in [-0.15, -0.1) is 0 Å². The van der Waals surface area contributed by atoms with Crippen LogP contribution in [0.25, 0.3) is 11.2 Å². The lowest BCUT2D eigenvalue weighted by atomic mass is 10.4. The number of hydrogen-bond donors (Lipinski definition) is 0. The molecule has 0 aliphatic carbocycles. The number of nitrogens with zero attached hydrogens (tertiary/aromatic N) is 4. The van der Waals surface area contributed by atoms with Gasteiger partial charge in [-0.25, -0.2) is 0 Å². The monoisotopic (exact) mass is 192 g/mol. The van der Waals surface area contributed by atoms with Crippen molar-refractivity contribution in [1.29, 1.82) is 0 Å². The van der Waals surface area contributed by atoms with Crippen molar-refractivity contribution in [3.05, 3.63) is 28.1 Å². The zero-order valence-corrected chi connectivity index (χ0v) is 7.76. The van der Waals surface area contributed by atoms with E-state index in [4.69, 9.17) is 0 Å². The van der Waals surface area contributed by atoms with Crippen LogP contribution in [0.15, 0.2) is 12.1 Å². The van der Waals surface area contributed by atoms with Crippen LogP contribution in [-0.2, 0) is 7.05 Å². The summed E-state index contributed by atoms with van der Waals surface area (Å²) in [7, 11) is 1.85. The van der Waals surface area contributed by atoms with Gasteiger partial charge in [-0.1, -0.05) is 0 Å². The lowest BCUT2D eigenvalue weighted by molar-refractivity contribution is -0.389. The molecule has 14 heavy (non-hydrogen) atoms. The fourth-order valence-corrected chi connectivity index (χ4v) is 1.28. The molecule has 0 aliphatic rings. The number of fused-ring (bicyclic) bond motifs is 1. The van der Waals surface area contributed by atoms with Crippen LogP contribution >= 0.6 is 0 Å². The normalized spacial score (nSPS) is 10.7. The first kappa shape index (κ1) is 8.61. The Labute approximate surface area is 79.4 Å². The minimum absolute atomic E-state index is 0.171. The summed E-state index contributed by atoms with van der Waals surface area (Å²) in [6.07, 6.45) is 0. The van der Waals surface area contributed by atoms with Crippen molar-refractivity contribution in [3.8, 4) is 0 Å². The molecule has 2 heterocycles. The van der Waals surface area contributed by atoms with Crippen LogP contribution in [0.2, 0.25) is 0 Å². The van der Waals surface area contributed by atoms with E-state index >= 15 is 0 Å². The number of aromatic nitrogens is 3. The Balaban J connectivity index is 2.73. The second kappa shape index (κ2) is 2.76. The topological polar surface area (TPSA) is 73.8 Å². The van der Waals surface area contributed by atoms with E-state index in [-0.39, 0.29) is 5.82 Å². The first-order valence-electron chi connectivity index (χ1n) is 4.04. The minimum Gasteiger partial charge on any atom is -0.358 e. The van der Waals surface area contributed by atoms with E-state index in [1.807, 2.05) is 18.5 Å². The summed E-state index contributed by atoms with van der Waals surface area (Å²) in [5.74, 6) is 0.614. The molecule has 0 atom stereocenters. The molecule has 0 saturated heterocycles. The second-order valence-corrected chi connectivity index (χ2v) is 2.99. The molecular weight excluding hydrogens is 184 g/mol. The summed E-state index contributed by atoms with van der Waals surface area (Å²) in [5.41, 5.74) is 1.22. The van der Waals surface area contributed by atoms with E-state index in [1.165, 1.54) is 6.07 Å². The Hall–Kier alpha value is -1.98. The number of imidazole rings is 1. The number of hydrogen-bond acceptors (Lipinski definition) is 4. The van der Waals surface area contributed by atoms with Gasteiger partial charge in [0.2, 0.25) is 0 Å². The van der Waals surface area contributed by atoms with E-state index in [1.54, 1.807) is 6.07 Å². The summed E-state index contributed by atoms with van der Waals surface area (Å²) in [4.78, 5) is 17.8. The summed E-state index contributed by atoms with van der Waals surface area (Å²) in [6, 6.07) is 3.03. The number of nitro groups is 1. The summed E-state index contributed by atoms with van der Waals surface area (Å²) in [6.45, 7) is 1.83. The van der Waals surface area contributed by atoms with Gasteiger partial charge in [-0.3, -0.25) is 0 Å². The number of pyridine rings is 1. The Bertz CT molecular complexity index is 517. The number of rotatable bonds is 1. The van der Waals surface area contributed by atoms with Crippen LogP contribution < -0.4 is 0 Å². The fourth-order valence-electron chi connectivity index (χ4n) is 1.28. The molecule has 0 unspecified atom stereocenters. The molecule has 72 valence electrons. The quantitative estimate of drug-likeness (QED) is 0.502. The molecular formula is C8H8N4O2. The van der Waals surface area contributed by atoms with Crippen LogP contribution in [0, 0.1) is 17.0 Å². The van der Waals surface area contributed by atoms with Crippen molar-refractivity contribution in [2.24, 2.45) is 7.05 Å². The molecule has 6 nitrogen and oxygen atoms in total. The summed E-state index contributed by atoms with van der Waals surface area (Å²) >= 11 is 0. The molecule has 2 aromatic rings. The third-order valence-electron chi connectivity index (χ3n) is 2.14. The van der Waals surface area contributed by atoms with Crippen LogP contribution in [-0.4, -0.2) is 19.5 Å². The molecule has 0 saturated carbocycles. The van der Waals surface area contributed by atoms with Gasteiger partial charge in [0.1, 0.15) is 11.3 Å². The van der Waals surface area contributed by atoms with Crippen LogP contribution in [0.3, 0.4) is 0 Å². The zero-order chi connectivity index (χ0) is 10.3. The Morgan fingerprint density at radius 3 is 2.79 bits per heavy atom. The zero-order valence-electron chi connectivity index (χ0n) is 7.76. The first-order valence-corrected chi connectivity index (χ1v) is 4.04. The summed E-state index contributed by atoms with van der Waals surface area (Å²) in [5, 5.41) is 10.4. The third-order valence-corrected chi connectivity index (χ3v) is 2.14. The maximum absolute atomic E-state index is 10.4. The molecule has 2 aromatic heterocycles. The fraction of sp³-hybridized carbons (Fsp3) is 0.250. The largest absolute Gasteiger partial charge is 0.366 e. The Kier molecular flexibility index (Phi) is 1.70. The van der Waals surface area contributed by atoms with E-state index < -0.39 is 4.92 Å². The molecule has 0 aromatic carbocycles. The molecule has 0 aliphatic heterocycles. The Morgan fingerprint density at radius 1 is 1.43 bits per heavy atom. The van der Waals surface area contributed by atoms with E-state index in [0.717, 1.165) is 11.3 Å². The van der Waals surface area contributed by atoms with Crippen LogP contribution in [0.5, 0.6) is 0 Å². The van der Waals surface area contributed by atoms with Gasteiger partial charge in [0.25, 0.3) is 5.65 Å². The van der Waals surface area contributed by atoms with Crippen LogP contribution in [0.1, 0.15) is 5.82 Å². The van der Waals surface area contributed by atoms with Gasteiger partial charge >= 0.3 is 5.82 Å². The molecule has 0 radical (unpaired) electrons. The molecule has 0 spiro atoms. The first-order chi connectivity index (χ1) is 6.59. The van der Waals surface area contributed by atoms with Gasteiger partial charge in [-0.2, -0.15) is 4.98 Å². The van der Waals surface area contributed by atoms with Gasteiger partial charge in [0.05, 0.1) is 0 Å². The maximum Gasteiger partial charge on any atom is 0.366 e. The number of aryl methyl sites for hydroxylation is 2. The van der Waals surface area contributed by atoms with E-state index in [0.29, 0.717) is 5.65 Å². The van der Waals surface area contributed by atoms with Gasteiger partial charge in [0.15, 0.2) is 0 Å². The third kappa shape index (κ3) is 1.12. The second-order valence-electron chi connectivity index (χ2n) is 2.99. The highest BCUT2D eigenvalue weighted by Crippen LogP contribution is 2.16. The van der Waals surface area contributed by atoms with Crippen molar-refractivity contribution < 1.29 is 4.92 Å². The molecule has 0 fully saturated rings. The lowest BCUT2D eigenvalue weighted by Crippen LogP contribution is -1.93. The standard InChI is InChI=1S/C8H8N4O2/c1-5-9-8-6(11(5)2)3-4-7(10-8)12(13)14/h3-4H,1-2H3. The van der Waals surface area contributed by atoms with Crippen molar-refractivity contribution in [2.75, 3.05) is 0 Å². The minimum atomic E-state index is -0.524. The van der Waals surface area contributed by atoms with Crippen molar-refractivity contribution in [2.45, 2.75) is 6.92 Å². The molecule has 2 rings (SSSR count).